The van der Waals surface area contributed by atoms with E-state index in [1.54, 1.807) is 6.40 Å². The summed E-state index contributed by atoms with van der Waals surface area (Å²) in [6.45, 7) is 5.12. The van der Waals surface area contributed by atoms with E-state index >= 15 is 0 Å². The molecule has 2 nitrogen and oxygen atoms in total. The van der Waals surface area contributed by atoms with Crippen molar-refractivity contribution in [3.63, 3.8) is 0 Å². The average molecular weight is 113 g/mol. The Morgan fingerprint density at radius 2 is 2.38 bits per heavy atom. The molecule has 0 aromatic carbocycles. The highest BCUT2D eigenvalue weighted by atomic mass is 16.5. The van der Waals surface area contributed by atoms with Gasteiger partial charge in [0.25, 0.3) is 0 Å². The van der Waals surface area contributed by atoms with Crippen LogP contribution in [0.5, 0.6) is 0 Å². The van der Waals surface area contributed by atoms with Gasteiger partial charge in [0, 0.05) is 12.5 Å². The van der Waals surface area contributed by atoms with Crippen molar-refractivity contribution in [1.29, 1.82) is 0 Å². The monoisotopic (exact) mass is 113 g/mol. The third-order valence-corrected chi connectivity index (χ3v) is 1.54. The Balaban J connectivity index is 2.44. The molecule has 0 aliphatic carbocycles. The first-order chi connectivity index (χ1) is 3.80. The Bertz CT molecular complexity index is 88.7. The van der Waals surface area contributed by atoms with E-state index in [1.807, 2.05) is 0 Å². The molecule has 2 atom stereocenters. The van der Waals surface area contributed by atoms with Crippen LogP contribution in [0.25, 0.3) is 0 Å². The Hall–Kier alpha value is -0.530. The van der Waals surface area contributed by atoms with Crippen LogP contribution in [0.2, 0.25) is 0 Å². The number of rotatable bonds is 0. The van der Waals surface area contributed by atoms with Crippen LogP contribution in [0.4, 0.5) is 0 Å². The van der Waals surface area contributed by atoms with Crippen LogP contribution < -0.4 is 0 Å². The molecular formula is C6H11NO. The largest absolute Gasteiger partial charge is 0.480 e. The Morgan fingerprint density at radius 1 is 1.62 bits per heavy atom. The van der Waals surface area contributed by atoms with Crippen molar-refractivity contribution < 1.29 is 4.74 Å². The molecule has 0 unspecified atom stereocenters. The summed E-state index contributed by atoms with van der Waals surface area (Å²) in [5.41, 5.74) is 0. The number of hydrogen-bond donors (Lipinski definition) is 0. The highest BCUT2D eigenvalue weighted by Crippen LogP contribution is 2.09. The second-order valence-corrected chi connectivity index (χ2v) is 2.29. The molecule has 1 aliphatic rings. The predicted molar refractivity (Wildman–Crippen MR) is 33.1 cm³/mol. The van der Waals surface area contributed by atoms with Gasteiger partial charge in [0.2, 0.25) is 0 Å². The van der Waals surface area contributed by atoms with E-state index in [-0.39, 0.29) is 0 Å². The summed E-state index contributed by atoms with van der Waals surface area (Å²) in [7, 11) is 0. The fraction of sp³-hybridized carbons (Fsp3) is 0.833. The maximum atomic E-state index is 5.10. The molecule has 1 aliphatic heterocycles. The molecule has 8 heavy (non-hydrogen) atoms. The smallest absolute Gasteiger partial charge is 0.169 e. The van der Waals surface area contributed by atoms with Crippen molar-refractivity contribution in [2.75, 3.05) is 6.54 Å². The first-order valence-corrected chi connectivity index (χ1v) is 2.94. The van der Waals surface area contributed by atoms with Gasteiger partial charge < -0.3 is 4.74 Å². The quantitative estimate of drug-likeness (QED) is 0.460. The molecule has 0 radical (unpaired) electrons. The van der Waals surface area contributed by atoms with Gasteiger partial charge >= 0.3 is 0 Å². The van der Waals surface area contributed by atoms with Crippen LogP contribution in [0.15, 0.2) is 4.99 Å². The third kappa shape index (κ3) is 0.997. The first-order valence-electron chi connectivity index (χ1n) is 2.94. The topological polar surface area (TPSA) is 21.6 Å². The number of ether oxygens (including phenoxy) is 1. The van der Waals surface area contributed by atoms with Crippen molar-refractivity contribution in [2.45, 2.75) is 20.0 Å². The Morgan fingerprint density at radius 3 is 2.75 bits per heavy atom. The molecule has 1 heterocycles. The summed E-state index contributed by atoms with van der Waals surface area (Å²) in [5, 5.41) is 0. The van der Waals surface area contributed by atoms with E-state index in [0.717, 1.165) is 6.54 Å². The number of nitrogens with zero attached hydrogens (tertiary/aromatic N) is 1. The fourth-order valence-electron chi connectivity index (χ4n) is 0.631. The highest BCUT2D eigenvalue weighted by molar-refractivity contribution is 5.47. The van der Waals surface area contributed by atoms with Crippen LogP contribution in [-0.4, -0.2) is 19.0 Å². The summed E-state index contributed by atoms with van der Waals surface area (Å²) in [6, 6.07) is 0. The van der Waals surface area contributed by atoms with E-state index in [9.17, 15) is 0 Å². The Kier molecular flexibility index (Phi) is 1.51. The van der Waals surface area contributed by atoms with E-state index in [1.165, 1.54) is 0 Å². The van der Waals surface area contributed by atoms with Crippen molar-refractivity contribution in [3.05, 3.63) is 0 Å². The maximum absolute atomic E-state index is 5.10. The van der Waals surface area contributed by atoms with Crippen molar-refractivity contribution in [1.82, 2.24) is 0 Å². The summed E-state index contributed by atoms with van der Waals surface area (Å²) < 4.78 is 5.10. The summed E-state index contributed by atoms with van der Waals surface area (Å²) in [6.07, 6.45) is 1.90. The molecule has 46 valence electrons. The minimum atomic E-state index is 0.354. The summed E-state index contributed by atoms with van der Waals surface area (Å²) in [5.74, 6) is 0.583. The SMILES string of the molecule is C[C@@H]1OC=NC[C@@H]1C. The van der Waals surface area contributed by atoms with Crippen molar-refractivity contribution >= 4 is 6.40 Å². The van der Waals surface area contributed by atoms with Gasteiger partial charge in [0.1, 0.15) is 6.10 Å². The molecule has 0 saturated heterocycles. The van der Waals surface area contributed by atoms with Crippen LogP contribution >= 0.6 is 0 Å². The average Bonchev–Trinajstić information content (AvgIpc) is 1.77. The van der Waals surface area contributed by atoms with Gasteiger partial charge in [0.15, 0.2) is 6.40 Å². The lowest BCUT2D eigenvalue weighted by Crippen LogP contribution is -2.23. The molecule has 0 saturated carbocycles. The maximum Gasteiger partial charge on any atom is 0.169 e. The van der Waals surface area contributed by atoms with Gasteiger partial charge in [-0.25, -0.2) is 0 Å². The molecule has 0 aromatic rings. The molecule has 2 heteroatoms. The molecular weight excluding hydrogens is 102 g/mol. The van der Waals surface area contributed by atoms with Gasteiger partial charge in [-0.05, 0) is 6.92 Å². The molecule has 0 aromatic heterocycles. The predicted octanol–water partition coefficient (Wildman–Crippen LogP) is 1.07. The molecule has 0 fully saturated rings. The molecule has 0 amide bonds. The second kappa shape index (κ2) is 2.16. The number of aliphatic imine (C=N–C) groups is 1. The van der Waals surface area contributed by atoms with E-state index < -0.39 is 0 Å². The number of hydrogen-bond acceptors (Lipinski definition) is 2. The summed E-state index contributed by atoms with van der Waals surface area (Å²) >= 11 is 0. The molecule has 0 bridgehead atoms. The van der Waals surface area contributed by atoms with E-state index in [2.05, 4.69) is 18.8 Å². The summed E-state index contributed by atoms with van der Waals surface area (Å²) in [4.78, 5) is 3.96. The Labute approximate surface area is 49.6 Å². The van der Waals surface area contributed by atoms with E-state index in [0.29, 0.717) is 12.0 Å². The highest BCUT2D eigenvalue weighted by Gasteiger charge is 2.13. The van der Waals surface area contributed by atoms with Gasteiger partial charge in [-0.3, -0.25) is 4.99 Å². The molecule has 0 spiro atoms. The van der Waals surface area contributed by atoms with Crippen molar-refractivity contribution in [2.24, 2.45) is 10.9 Å². The van der Waals surface area contributed by atoms with Gasteiger partial charge in [-0.15, -0.1) is 0 Å². The lowest BCUT2D eigenvalue weighted by Gasteiger charge is -2.20. The van der Waals surface area contributed by atoms with Crippen LogP contribution in [-0.2, 0) is 4.74 Å². The van der Waals surface area contributed by atoms with E-state index in [4.69, 9.17) is 4.74 Å². The van der Waals surface area contributed by atoms with Crippen LogP contribution in [0.3, 0.4) is 0 Å². The second-order valence-electron chi connectivity index (χ2n) is 2.29. The molecule has 0 N–H and O–H groups in total. The normalized spacial score (nSPS) is 36.8. The van der Waals surface area contributed by atoms with Crippen molar-refractivity contribution in [3.8, 4) is 0 Å². The fourth-order valence-corrected chi connectivity index (χ4v) is 0.631. The van der Waals surface area contributed by atoms with Crippen LogP contribution in [0.1, 0.15) is 13.8 Å². The minimum Gasteiger partial charge on any atom is -0.480 e. The molecule has 1 rings (SSSR count). The lowest BCUT2D eigenvalue weighted by molar-refractivity contribution is 0.146. The standard InChI is InChI=1S/C6H11NO/c1-5-3-7-4-8-6(5)2/h4-6H,3H2,1-2H3/t5-,6-/m0/s1. The zero-order chi connectivity index (χ0) is 5.98. The van der Waals surface area contributed by atoms with Gasteiger partial charge in [-0.2, -0.15) is 0 Å². The van der Waals surface area contributed by atoms with Crippen LogP contribution in [0, 0.1) is 5.92 Å². The van der Waals surface area contributed by atoms with Gasteiger partial charge in [0.05, 0.1) is 0 Å². The first kappa shape index (κ1) is 5.60. The lowest BCUT2D eigenvalue weighted by atomic mass is 10.1. The zero-order valence-electron chi connectivity index (χ0n) is 5.29. The third-order valence-electron chi connectivity index (χ3n) is 1.54. The van der Waals surface area contributed by atoms with Gasteiger partial charge in [-0.1, -0.05) is 6.92 Å². The minimum absolute atomic E-state index is 0.354. The zero-order valence-corrected chi connectivity index (χ0v) is 5.29.